The second kappa shape index (κ2) is 10.6. The van der Waals surface area contributed by atoms with E-state index in [4.69, 9.17) is 0 Å². The van der Waals surface area contributed by atoms with Crippen molar-refractivity contribution in [3.05, 3.63) is 80.6 Å². The van der Waals surface area contributed by atoms with E-state index in [1.807, 2.05) is 0 Å². The third-order valence-corrected chi connectivity index (χ3v) is 11.4. The van der Waals surface area contributed by atoms with Crippen molar-refractivity contribution in [2.24, 2.45) is 5.92 Å². The predicted octanol–water partition coefficient (Wildman–Crippen LogP) is 11.1. The van der Waals surface area contributed by atoms with Gasteiger partial charge in [-0.25, -0.2) is 0 Å². The lowest BCUT2D eigenvalue weighted by molar-refractivity contribution is 0.577. The molecule has 198 valence electrons. The van der Waals surface area contributed by atoms with Gasteiger partial charge in [-0.2, -0.15) is 0 Å². The van der Waals surface area contributed by atoms with Crippen LogP contribution in [0.1, 0.15) is 157 Å². The van der Waals surface area contributed by atoms with Crippen LogP contribution in [0.25, 0.3) is 16.3 Å². The monoisotopic (exact) mass is 510 g/mol. The maximum absolute atomic E-state index is 2.62. The first-order chi connectivity index (χ1) is 17.3. The van der Waals surface area contributed by atoms with Crippen molar-refractivity contribution in [1.29, 1.82) is 0 Å². The van der Waals surface area contributed by atoms with Crippen LogP contribution in [-0.2, 0) is 0 Å². The van der Waals surface area contributed by atoms with Crippen molar-refractivity contribution in [2.45, 2.75) is 119 Å². The molecule has 0 N–H and O–H groups in total. The molecule has 1 heteroatoms. The van der Waals surface area contributed by atoms with E-state index in [2.05, 4.69) is 125 Å². The molecular formula is C36H50Si. The van der Waals surface area contributed by atoms with Gasteiger partial charge in [0.2, 0.25) is 0 Å². The Balaban J connectivity index is 2.13. The second-order valence-corrected chi connectivity index (χ2v) is 15.6. The van der Waals surface area contributed by atoms with Crippen LogP contribution >= 0.6 is 0 Å². The summed E-state index contributed by atoms with van der Waals surface area (Å²) in [6.07, 6.45) is 0. The molecule has 1 aliphatic rings. The first kappa shape index (κ1) is 28.0. The van der Waals surface area contributed by atoms with Gasteiger partial charge >= 0.3 is 0 Å². The molecule has 0 amide bonds. The first-order valence-electron chi connectivity index (χ1n) is 14.8. The van der Waals surface area contributed by atoms with Gasteiger partial charge < -0.3 is 0 Å². The van der Waals surface area contributed by atoms with Crippen molar-refractivity contribution in [3.63, 3.8) is 0 Å². The molecule has 1 unspecified atom stereocenters. The van der Waals surface area contributed by atoms with Crippen LogP contribution in [0, 0.1) is 5.92 Å². The lowest BCUT2D eigenvalue weighted by Gasteiger charge is -2.27. The van der Waals surface area contributed by atoms with Crippen LogP contribution in [0.2, 0.25) is 0 Å². The highest BCUT2D eigenvalue weighted by Gasteiger charge is 2.36. The van der Waals surface area contributed by atoms with Crippen molar-refractivity contribution in [2.75, 3.05) is 0 Å². The van der Waals surface area contributed by atoms with Crippen molar-refractivity contribution < 1.29 is 0 Å². The van der Waals surface area contributed by atoms with Crippen molar-refractivity contribution in [3.8, 4) is 16.3 Å². The maximum Gasteiger partial charge on any atom is 0.0778 e. The SMILES string of the molecule is CC(C)c1cc(C(C)C)c(-[si]2cccc3c2C(C(C)C)c2cc(C(C)C)cc(C(C)C)c2-3)c(C(C)C)c1. The van der Waals surface area contributed by atoms with E-state index in [1.54, 1.807) is 43.7 Å². The lowest BCUT2D eigenvalue weighted by Crippen LogP contribution is -2.17. The lowest BCUT2D eigenvalue weighted by atomic mass is 9.84. The van der Waals surface area contributed by atoms with Gasteiger partial charge in [0.25, 0.3) is 0 Å². The fourth-order valence-corrected chi connectivity index (χ4v) is 10.1. The summed E-state index contributed by atoms with van der Waals surface area (Å²) in [7, 11) is -1.06. The van der Waals surface area contributed by atoms with E-state index in [1.165, 1.54) is 11.1 Å². The van der Waals surface area contributed by atoms with Crippen LogP contribution < -0.4 is 0 Å². The average molecular weight is 511 g/mol. The summed E-state index contributed by atoms with van der Waals surface area (Å²) in [6, 6.07) is 15.1. The third kappa shape index (κ3) is 4.94. The van der Waals surface area contributed by atoms with Gasteiger partial charge in [0.1, 0.15) is 0 Å². The van der Waals surface area contributed by atoms with E-state index in [0.29, 0.717) is 41.4 Å². The molecule has 0 nitrogen and oxygen atoms in total. The number of hydrogen-bond acceptors (Lipinski definition) is 0. The summed E-state index contributed by atoms with van der Waals surface area (Å²) in [5.74, 6) is 3.73. The van der Waals surface area contributed by atoms with Crippen molar-refractivity contribution in [1.82, 2.24) is 0 Å². The van der Waals surface area contributed by atoms with Crippen LogP contribution in [0.15, 0.2) is 42.1 Å². The van der Waals surface area contributed by atoms with E-state index < -0.39 is 8.40 Å². The molecule has 1 aromatic heterocycles. The van der Waals surface area contributed by atoms with Gasteiger partial charge in [0.05, 0.1) is 8.40 Å². The minimum absolute atomic E-state index is 0.501. The molecule has 0 fully saturated rings. The fraction of sp³-hybridized carbons (Fsp3) is 0.528. The summed E-state index contributed by atoms with van der Waals surface area (Å²) in [5, 5.41) is 3.44. The Morgan fingerprint density at radius 1 is 0.595 bits per heavy atom. The molecular weight excluding hydrogens is 460 g/mol. The molecule has 0 saturated heterocycles. The van der Waals surface area contributed by atoms with E-state index in [-0.39, 0.29) is 0 Å². The highest BCUT2D eigenvalue weighted by atomic mass is 28.2. The van der Waals surface area contributed by atoms with Gasteiger partial charge in [-0.15, -0.1) is 0 Å². The Morgan fingerprint density at radius 3 is 1.54 bits per heavy atom. The molecule has 1 atom stereocenters. The highest BCUT2D eigenvalue weighted by Crippen LogP contribution is 2.52. The molecule has 1 aliphatic carbocycles. The quantitative estimate of drug-likeness (QED) is 0.277. The molecule has 0 spiro atoms. The largest absolute Gasteiger partial charge is 0.0778 e. The normalized spacial score (nSPS) is 15.1. The zero-order valence-corrected chi connectivity index (χ0v) is 26.6. The summed E-state index contributed by atoms with van der Waals surface area (Å²) >= 11 is 0. The molecule has 37 heavy (non-hydrogen) atoms. The summed E-state index contributed by atoms with van der Waals surface area (Å²) in [4.78, 5) is 0. The Hall–Kier alpha value is -1.99. The number of hydrogen-bond donors (Lipinski definition) is 0. The van der Waals surface area contributed by atoms with Gasteiger partial charge in [0, 0.05) is 5.92 Å². The predicted molar refractivity (Wildman–Crippen MR) is 166 cm³/mol. The van der Waals surface area contributed by atoms with Gasteiger partial charge in [0.15, 0.2) is 0 Å². The standard InChI is InChI=1S/C36H50Si/c1-20(2)26-16-29(22(5)6)34-28-14-13-15-37(36(28)33(25(11)12)32(34)19-26)35-30(23(7)8)17-27(21(3)4)18-31(35)24(9)10/h13-25,33H,1-12H3. The number of fused-ring (bicyclic) bond motifs is 3. The topological polar surface area (TPSA) is 0 Å². The van der Waals surface area contributed by atoms with Gasteiger partial charge in [-0.1, -0.05) is 125 Å². The minimum Gasteiger partial charge on any atom is -0.0733 e. The zero-order valence-electron chi connectivity index (χ0n) is 25.6. The molecule has 0 aliphatic heterocycles. The third-order valence-electron chi connectivity index (χ3n) is 8.60. The molecule has 3 aromatic rings. The summed E-state index contributed by atoms with van der Waals surface area (Å²) < 4.78 is 0. The van der Waals surface area contributed by atoms with Crippen molar-refractivity contribution >= 4 is 8.40 Å². The van der Waals surface area contributed by atoms with Crippen LogP contribution in [0.4, 0.5) is 0 Å². The zero-order chi connectivity index (χ0) is 27.3. The smallest absolute Gasteiger partial charge is 0.0733 e. The average Bonchev–Trinajstić information content (AvgIpc) is 3.17. The van der Waals surface area contributed by atoms with E-state index in [0.717, 1.165) is 0 Å². The van der Waals surface area contributed by atoms with Gasteiger partial charge in [-0.3, -0.25) is 0 Å². The minimum atomic E-state index is -1.06. The van der Waals surface area contributed by atoms with E-state index >= 15 is 0 Å². The molecule has 0 bridgehead atoms. The fourth-order valence-electron chi connectivity index (χ4n) is 6.51. The van der Waals surface area contributed by atoms with Crippen LogP contribution in [0.3, 0.4) is 0 Å². The Labute approximate surface area is 229 Å². The second-order valence-electron chi connectivity index (χ2n) is 13.4. The summed E-state index contributed by atoms with van der Waals surface area (Å²) in [6.45, 7) is 28.7. The molecule has 1 heterocycles. The molecule has 2 aromatic carbocycles. The Morgan fingerprint density at radius 2 is 1.08 bits per heavy atom. The first-order valence-corrected chi connectivity index (χ1v) is 16.4. The van der Waals surface area contributed by atoms with Crippen LogP contribution in [0.5, 0.6) is 0 Å². The van der Waals surface area contributed by atoms with E-state index in [9.17, 15) is 0 Å². The maximum atomic E-state index is 2.62. The van der Waals surface area contributed by atoms with Gasteiger partial charge in [-0.05, 0) is 90.4 Å². The molecule has 4 rings (SSSR count). The number of rotatable bonds is 7. The summed E-state index contributed by atoms with van der Waals surface area (Å²) in [5.41, 5.74) is 15.1. The van der Waals surface area contributed by atoms with Crippen LogP contribution in [-0.4, -0.2) is 8.40 Å². The number of benzene rings is 2. The molecule has 0 saturated carbocycles. The molecule has 0 radical (unpaired) electrons. The Kier molecular flexibility index (Phi) is 8.06. The highest BCUT2D eigenvalue weighted by molar-refractivity contribution is 6.68. The Bertz CT molecular complexity index is 1260.